The fraction of sp³-hybridized carbons (Fsp3) is 0.0588. The molecule has 0 heterocycles. The predicted molar refractivity (Wildman–Crippen MR) is 142 cm³/mol. The van der Waals surface area contributed by atoms with Gasteiger partial charge in [-0.25, -0.2) is 0 Å². The SMILES string of the molecule is Cc1ccc2c(c1)C1(c3ccccc3-2)c2ccc3ccccc3c2-c2c1ccc1ccccc21. The molecule has 0 radical (unpaired) electrons. The second-order valence-corrected chi connectivity index (χ2v) is 9.76. The summed E-state index contributed by atoms with van der Waals surface area (Å²) in [6.45, 7) is 2.22. The maximum absolute atomic E-state index is 2.43. The van der Waals surface area contributed by atoms with Gasteiger partial charge in [0.05, 0.1) is 5.41 Å². The van der Waals surface area contributed by atoms with Gasteiger partial charge in [0.15, 0.2) is 0 Å². The van der Waals surface area contributed by atoms with E-state index in [1.807, 2.05) is 0 Å². The van der Waals surface area contributed by atoms with Crippen LogP contribution in [0.1, 0.15) is 27.8 Å². The summed E-state index contributed by atoms with van der Waals surface area (Å²) in [5, 5.41) is 5.28. The van der Waals surface area contributed by atoms with Crippen LogP contribution in [0, 0.1) is 6.92 Å². The number of aryl methyl sites for hydroxylation is 1. The van der Waals surface area contributed by atoms with Gasteiger partial charge in [0, 0.05) is 0 Å². The van der Waals surface area contributed by atoms with Crippen LogP contribution in [0.4, 0.5) is 0 Å². The van der Waals surface area contributed by atoms with Gasteiger partial charge >= 0.3 is 0 Å². The molecule has 8 rings (SSSR count). The van der Waals surface area contributed by atoms with E-state index in [-0.39, 0.29) is 5.41 Å². The van der Waals surface area contributed by atoms with E-state index in [9.17, 15) is 0 Å². The third kappa shape index (κ3) is 2.01. The van der Waals surface area contributed by atoms with Crippen molar-refractivity contribution in [2.75, 3.05) is 0 Å². The lowest BCUT2D eigenvalue weighted by Gasteiger charge is -2.31. The highest BCUT2D eigenvalue weighted by atomic mass is 14.5. The first-order valence-corrected chi connectivity index (χ1v) is 12.0. The average molecular weight is 431 g/mol. The standard InChI is InChI=1S/C34H22/c1-21-14-17-27-26-12-6-7-13-28(26)34(31(27)20-21)29-18-15-22-8-2-4-10-24(22)32(29)33-25-11-5-3-9-23(25)16-19-30(33)34/h2-20H,1H3. The Hall–Kier alpha value is -4.16. The number of benzene rings is 6. The van der Waals surface area contributed by atoms with Gasteiger partial charge in [0.1, 0.15) is 0 Å². The maximum atomic E-state index is 2.43. The summed E-state index contributed by atoms with van der Waals surface area (Å²) in [7, 11) is 0. The second kappa shape index (κ2) is 6.24. The molecule has 0 atom stereocenters. The lowest BCUT2D eigenvalue weighted by molar-refractivity contribution is 0.794. The van der Waals surface area contributed by atoms with Crippen molar-refractivity contribution >= 4 is 21.5 Å². The van der Waals surface area contributed by atoms with E-state index in [1.54, 1.807) is 0 Å². The van der Waals surface area contributed by atoms with Crippen LogP contribution in [0.2, 0.25) is 0 Å². The molecular formula is C34H22. The highest BCUT2D eigenvalue weighted by Gasteiger charge is 2.52. The van der Waals surface area contributed by atoms with Crippen LogP contribution in [-0.4, -0.2) is 0 Å². The third-order valence-electron chi connectivity index (χ3n) is 8.12. The lowest BCUT2D eigenvalue weighted by Crippen LogP contribution is -2.26. The minimum atomic E-state index is -0.295. The van der Waals surface area contributed by atoms with Gasteiger partial charge in [0.25, 0.3) is 0 Å². The molecule has 0 unspecified atom stereocenters. The van der Waals surface area contributed by atoms with Gasteiger partial charge in [0.2, 0.25) is 0 Å². The van der Waals surface area contributed by atoms with Crippen LogP contribution in [-0.2, 0) is 5.41 Å². The number of hydrogen-bond acceptors (Lipinski definition) is 0. The minimum absolute atomic E-state index is 0.295. The molecule has 0 bridgehead atoms. The fourth-order valence-electron chi connectivity index (χ4n) is 6.83. The van der Waals surface area contributed by atoms with Crippen LogP contribution >= 0.6 is 0 Å². The molecule has 0 saturated heterocycles. The highest BCUT2D eigenvalue weighted by Crippen LogP contribution is 2.64. The van der Waals surface area contributed by atoms with Crippen molar-refractivity contribution in [2.24, 2.45) is 0 Å². The topological polar surface area (TPSA) is 0 Å². The average Bonchev–Trinajstić information content (AvgIpc) is 3.36. The molecular weight excluding hydrogens is 408 g/mol. The summed E-state index contributed by atoms with van der Waals surface area (Å²) in [6, 6.07) is 43.2. The highest BCUT2D eigenvalue weighted by molar-refractivity contribution is 6.13. The first-order valence-electron chi connectivity index (χ1n) is 12.0. The van der Waals surface area contributed by atoms with Crippen molar-refractivity contribution in [3.05, 3.63) is 143 Å². The molecule has 0 saturated carbocycles. The molecule has 0 nitrogen and oxygen atoms in total. The van der Waals surface area contributed by atoms with Crippen molar-refractivity contribution in [1.29, 1.82) is 0 Å². The van der Waals surface area contributed by atoms with E-state index in [0.29, 0.717) is 0 Å². The van der Waals surface area contributed by atoms with Gasteiger partial charge in [-0.15, -0.1) is 0 Å². The minimum Gasteiger partial charge on any atom is -0.0619 e. The van der Waals surface area contributed by atoms with Crippen molar-refractivity contribution in [3.63, 3.8) is 0 Å². The Morgan fingerprint density at radius 1 is 0.441 bits per heavy atom. The normalized spacial score (nSPS) is 14.3. The summed E-state index contributed by atoms with van der Waals surface area (Å²) in [6.07, 6.45) is 0. The smallest absolute Gasteiger partial charge is 0.0619 e. The largest absolute Gasteiger partial charge is 0.0726 e. The van der Waals surface area contributed by atoms with Crippen LogP contribution in [0.5, 0.6) is 0 Å². The molecule has 6 aromatic rings. The van der Waals surface area contributed by atoms with E-state index in [1.165, 1.54) is 71.6 Å². The maximum Gasteiger partial charge on any atom is 0.0726 e. The quantitative estimate of drug-likeness (QED) is 0.226. The van der Waals surface area contributed by atoms with Crippen LogP contribution < -0.4 is 0 Å². The first kappa shape index (κ1) is 18.3. The van der Waals surface area contributed by atoms with E-state index < -0.39 is 0 Å². The molecule has 158 valence electrons. The van der Waals surface area contributed by atoms with Crippen molar-refractivity contribution in [2.45, 2.75) is 12.3 Å². The zero-order chi connectivity index (χ0) is 22.4. The molecule has 2 aliphatic carbocycles. The first-order chi connectivity index (χ1) is 16.8. The van der Waals surface area contributed by atoms with E-state index in [4.69, 9.17) is 0 Å². The van der Waals surface area contributed by atoms with E-state index >= 15 is 0 Å². The Morgan fingerprint density at radius 3 is 1.68 bits per heavy atom. The Balaban J connectivity index is 1.67. The summed E-state index contributed by atoms with van der Waals surface area (Å²) in [4.78, 5) is 0. The Labute approximate surface area is 199 Å². The van der Waals surface area contributed by atoms with Crippen LogP contribution in [0.3, 0.4) is 0 Å². The summed E-state index contributed by atoms with van der Waals surface area (Å²) >= 11 is 0. The van der Waals surface area contributed by atoms with E-state index in [2.05, 4.69) is 122 Å². The summed E-state index contributed by atoms with van der Waals surface area (Å²) in [5.74, 6) is 0. The molecule has 0 aromatic heterocycles. The molecule has 0 aliphatic heterocycles. The zero-order valence-corrected chi connectivity index (χ0v) is 19.0. The number of hydrogen-bond donors (Lipinski definition) is 0. The molecule has 0 heteroatoms. The van der Waals surface area contributed by atoms with Gasteiger partial charge in [-0.1, -0.05) is 121 Å². The Kier molecular flexibility index (Phi) is 3.36. The van der Waals surface area contributed by atoms with Gasteiger partial charge in [-0.3, -0.25) is 0 Å². The number of fused-ring (bicyclic) bond motifs is 14. The summed E-state index contributed by atoms with van der Waals surface area (Å²) in [5.41, 5.74) is 12.2. The van der Waals surface area contributed by atoms with E-state index in [0.717, 1.165) is 0 Å². The molecule has 0 N–H and O–H groups in total. The van der Waals surface area contributed by atoms with Crippen molar-refractivity contribution in [3.8, 4) is 22.3 Å². The van der Waals surface area contributed by atoms with Gasteiger partial charge in [-0.2, -0.15) is 0 Å². The van der Waals surface area contributed by atoms with Gasteiger partial charge in [-0.05, 0) is 73.0 Å². The predicted octanol–water partition coefficient (Wildman–Crippen LogP) is 8.64. The van der Waals surface area contributed by atoms with Crippen molar-refractivity contribution < 1.29 is 0 Å². The Bertz CT molecular complexity index is 1730. The molecule has 2 aliphatic rings. The van der Waals surface area contributed by atoms with Gasteiger partial charge < -0.3 is 0 Å². The van der Waals surface area contributed by atoms with Crippen LogP contribution in [0.15, 0.2) is 115 Å². The van der Waals surface area contributed by atoms with Crippen molar-refractivity contribution in [1.82, 2.24) is 0 Å². The molecule has 6 aromatic carbocycles. The third-order valence-corrected chi connectivity index (χ3v) is 8.12. The lowest BCUT2D eigenvalue weighted by atomic mass is 9.70. The summed E-state index contributed by atoms with van der Waals surface area (Å²) < 4.78 is 0. The monoisotopic (exact) mass is 430 g/mol. The fourth-order valence-corrected chi connectivity index (χ4v) is 6.83. The zero-order valence-electron chi connectivity index (χ0n) is 19.0. The molecule has 1 spiro atoms. The number of rotatable bonds is 0. The van der Waals surface area contributed by atoms with Crippen LogP contribution in [0.25, 0.3) is 43.8 Å². The molecule has 34 heavy (non-hydrogen) atoms. The Morgan fingerprint density at radius 2 is 1.00 bits per heavy atom. The molecule has 0 amide bonds. The molecule has 0 fully saturated rings. The second-order valence-electron chi connectivity index (χ2n) is 9.76.